The first-order chi connectivity index (χ1) is 9.15. The lowest BCUT2D eigenvalue weighted by Crippen LogP contribution is -2.09. The van der Waals surface area contributed by atoms with Crippen molar-refractivity contribution in [3.8, 4) is 5.75 Å². The summed E-state index contributed by atoms with van der Waals surface area (Å²) in [5, 5.41) is 4.08. The van der Waals surface area contributed by atoms with Crippen LogP contribution in [-0.2, 0) is 6.54 Å². The average Bonchev–Trinajstić information content (AvgIpc) is 2.37. The maximum atomic E-state index is 5.96. The first-order valence-corrected chi connectivity index (χ1v) is 6.77. The lowest BCUT2D eigenvalue weighted by molar-refractivity contribution is 0.240. The minimum atomic E-state index is 0.173. The maximum Gasteiger partial charge on any atom is 0.124 e. The molecule has 0 unspecified atom stereocenters. The summed E-state index contributed by atoms with van der Waals surface area (Å²) in [5.41, 5.74) is 2.14. The van der Waals surface area contributed by atoms with Crippen molar-refractivity contribution in [1.29, 1.82) is 0 Å². The van der Waals surface area contributed by atoms with Gasteiger partial charge in [-0.15, -0.1) is 0 Å². The van der Waals surface area contributed by atoms with Crippen LogP contribution < -0.4 is 10.1 Å². The SMILES string of the molecule is CC(C)Oc1ccccc1CNc1cccc(Cl)c1. The lowest BCUT2D eigenvalue weighted by atomic mass is 10.2. The molecule has 3 heteroatoms. The van der Waals surface area contributed by atoms with Crippen molar-refractivity contribution in [3.05, 3.63) is 59.1 Å². The number of nitrogens with one attached hydrogen (secondary N) is 1. The lowest BCUT2D eigenvalue weighted by Gasteiger charge is -2.15. The largest absolute Gasteiger partial charge is 0.491 e. The van der Waals surface area contributed by atoms with Crippen LogP contribution in [-0.4, -0.2) is 6.10 Å². The number of hydrogen-bond acceptors (Lipinski definition) is 2. The van der Waals surface area contributed by atoms with E-state index in [9.17, 15) is 0 Å². The molecular formula is C16H18ClNO. The number of para-hydroxylation sites is 1. The van der Waals surface area contributed by atoms with Crippen LogP contribution in [0, 0.1) is 0 Å². The van der Waals surface area contributed by atoms with Gasteiger partial charge in [0, 0.05) is 22.8 Å². The quantitative estimate of drug-likeness (QED) is 0.851. The molecule has 0 aromatic heterocycles. The van der Waals surface area contributed by atoms with Crippen LogP contribution in [0.25, 0.3) is 0 Å². The van der Waals surface area contributed by atoms with E-state index in [1.807, 2.05) is 56.3 Å². The van der Waals surface area contributed by atoms with Gasteiger partial charge in [0.05, 0.1) is 6.10 Å². The van der Waals surface area contributed by atoms with Crippen molar-refractivity contribution in [2.24, 2.45) is 0 Å². The average molecular weight is 276 g/mol. The molecule has 0 saturated heterocycles. The Morgan fingerprint density at radius 3 is 2.63 bits per heavy atom. The fourth-order valence-corrected chi connectivity index (χ4v) is 2.00. The molecule has 0 bridgehead atoms. The predicted octanol–water partition coefficient (Wildman–Crippen LogP) is 4.74. The van der Waals surface area contributed by atoms with Gasteiger partial charge in [-0.2, -0.15) is 0 Å². The Balaban J connectivity index is 2.07. The molecule has 0 fully saturated rings. The van der Waals surface area contributed by atoms with E-state index in [-0.39, 0.29) is 6.10 Å². The van der Waals surface area contributed by atoms with E-state index in [4.69, 9.17) is 16.3 Å². The van der Waals surface area contributed by atoms with Gasteiger partial charge in [0.25, 0.3) is 0 Å². The van der Waals surface area contributed by atoms with Crippen molar-refractivity contribution >= 4 is 17.3 Å². The van der Waals surface area contributed by atoms with Crippen LogP contribution in [0.2, 0.25) is 5.02 Å². The first-order valence-electron chi connectivity index (χ1n) is 6.39. The monoisotopic (exact) mass is 275 g/mol. The number of ether oxygens (including phenoxy) is 1. The maximum absolute atomic E-state index is 5.96. The minimum Gasteiger partial charge on any atom is -0.491 e. The van der Waals surface area contributed by atoms with Crippen molar-refractivity contribution in [2.75, 3.05) is 5.32 Å². The van der Waals surface area contributed by atoms with Gasteiger partial charge >= 0.3 is 0 Å². The fourth-order valence-electron chi connectivity index (χ4n) is 1.81. The predicted molar refractivity (Wildman–Crippen MR) is 81.0 cm³/mol. The molecule has 0 saturated carbocycles. The molecule has 0 aliphatic heterocycles. The molecule has 2 aromatic rings. The van der Waals surface area contributed by atoms with E-state index in [0.29, 0.717) is 6.54 Å². The molecule has 0 aliphatic carbocycles. The highest BCUT2D eigenvalue weighted by molar-refractivity contribution is 6.30. The summed E-state index contributed by atoms with van der Waals surface area (Å²) < 4.78 is 5.79. The van der Waals surface area contributed by atoms with Gasteiger partial charge in [0.2, 0.25) is 0 Å². The van der Waals surface area contributed by atoms with Crippen LogP contribution in [0.4, 0.5) is 5.69 Å². The van der Waals surface area contributed by atoms with Crippen LogP contribution in [0.15, 0.2) is 48.5 Å². The smallest absolute Gasteiger partial charge is 0.124 e. The normalized spacial score (nSPS) is 10.5. The zero-order valence-corrected chi connectivity index (χ0v) is 11.9. The summed E-state index contributed by atoms with van der Waals surface area (Å²) in [7, 11) is 0. The molecule has 19 heavy (non-hydrogen) atoms. The van der Waals surface area contributed by atoms with Crippen LogP contribution in [0.3, 0.4) is 0 Å². The van der Waals surface area contributed by atoms with E-state index >= 15 is 0 Å². The summed E-state index contributed by atoms with van der Waals surface area (Å²) in [5.74, 6) is 0.923. The Morgan fingerprint density at radius 1 is 1.11 bits per heavy atom. The Morgan fingerprint density at radius 2 is 1.89 bits per heavy atom. The van der Waals surface area contributed by atoms with Gasteiger partial charge in [-0.3, -0.25) is 0 Å². The third-order valence-electron chi connectivity index (χ3n) is 2.64. The van der Waals surface area contributed by atoms with Crippen molar-refractivity contribution in [3.63, 3.8) is 0 Å². The number of halogens is 1. The summed E-state index contributed by atoms with van der Waals surface area (Å²) >= 11 is 5.96. The Hall–Kier alpha value is -1.67. The third-order valence-corrected chi connectivity index (χ3v) is 2.88. The van der Waals surface area contributed by atoms with E-state index in [1.54, 1.807) is 0 Å². The molecular weight excluding hydrogens is 258 g/mol. The molecule has 0 spiro atoms. The Kier molecular flexibility index (Phi) is 4.69. The fraction of sp³-hybridized carbons (Fsp3) is 0.250. The zero-order valence-electron chi connectivity index (χ0n) is 11.2. The van der Waals surface area contributed by atoms with Crippen molar-refractivity contribution < 1.29 is 4.74 Å². The molecule has 0 aliphatic rings. The number of hydrogen-bond donors (Lipinski definition) is 1. The second-order valence-corrected chi connectivity index (χ2v) is 5.07. The van der Waals surface area contributed by atoms with Crippen molar-refractivity contribution in [1.82, 2.24) is 0 Å². The molecule has 0 atom stereocenters. The van der Waals surface area contributed by atoms with Crippen LogP contribution in [0.5, 0.6) is 5.75 Å². The highest BCUT2D eigenvalue weighted by atomic mass is 35.5. The van der Waals surface area contributed by atoms with Gasteiger partial charge < -0.3 is 10.1 Å². The number of rotatable bonds is 5. The Labute approximate surface area is 119 Å². The van der Waals surface area contributed by atoms with E-state index in [2.05, 4.69) is 11.4 Å². The van der Waals surface area contributed by atoms with E-state index in [1.165, 1.54) is 0 Å². The van der Waals surface area contributed by atoms with Gasteiger partial charge in [0.1, 0.15) is 5.75 Å². The summed E-state index contributed by atoms with van der Waals surface area (Å²) in [6.07, 6.45) is 0.173. The molecule has 1 N–H and O–H groups in total. The third kappa shape index (κ3) is 4.18. The highest BCUT2D eigenvalue weighted by Gasteiger charge is 2.04. The van der Waals surface area contributed by atoms with Gasteiger partial charge in [0.15, 0.2) is 0 Å². The Bertz CT molecular complexity index is 540. The minimum absolute atomic E-state index is 0.173. The van der Waals surface area contributed by atoms with Crippen molar-refractivity contribution in [2.45, 2.75) is 26.5 Å². The second kappa shape index (κ2) is 6.48. The zero-order chi connectivity index (χ0) is 13.7. The van der Waals surface area contributed by atoms with Crippen LogP contribution >= 0.6 is 11.6 Å². The summed E-state index contributed by atoms with van der Waals surface area (Å²) in [6, 6.07) is 15.8. The molecule has 2 rings (SSSR count). The number of benzene rings is 2. The molecule has 100 valence electrons. The molecule has 0 amide bonds. The molecule has 0 radical (unpaired) electrons. The molecule has 2 nitrogen and oxygen atoms in total. The van der Waals surface area contributed by atoms with Crippen LogP contribution in [0.1, 0.15) is 19.4 Å². The van der Waals surface area contributed by atoms with Gasteiger partial charge in [-0.1, -0.05) is 35.9 Å². The number of anilines is 1. The summed E-state index contributed by atoms with van der Waals surface area (Å²) in [6.45, 7) is 4.77. The summed E-state index contributed by atoms with van der Waals surface area (Å²) in [4.78, 5) is 0. The first kappa shape index (κ1) is 13.8. The highest BCUT2D eigenvalue weighted by Crippen LogP contribution is 2.21. The topological polar surface area (TPSA) is 21.3 Å². The van der Waals surface area contributed by atoms with Gasteiger partial charge in [-0.25, -0.2) is 0 Å². The molecule has 2 aromatic carbocycles. The van der Waals surface area contributed by atoms with Gasteiger partial charge in [-0.05, 0) is 38.1 Å². The standard InChI is InChI=1S/C16H18ClNO/c1-12(2)19-16-9-4-3-6-13(16)11-18-15-8-5-7-14(17)10-15/h3-10,12,18H,11H2,1-2H3. The van der Waals surface area contributed by atoms with E-state index < -0.39 is 0 Å². The second-order valence-electron chi connectivity index (χ2n) is 4.64. The van der Waals surface area contributed by atoms with E-state index in [0.717, 1.165) is 22.0 Å². The molecule has 0 heterocycles.